The molecule has 0 heterocycles. The van der Waals surface area contributed by atoms with E-state index in [1.807, 2.05) is 30.3 Å². The number of allylic oxidation sites excluding steroid dienone is 1. The van der Waals surface area contributed by atoms with E-state index in [4.69, 9.17) is 0 Å². The zero-order chi connectivity index (χ0) is 11.1. The van der Waals surface area contributed by atoms with Gasteiger partial charge in [-0.05, 0) is 18.4 Å². The molecule has 1 heteroatoms. The normalized spacial score (nSPS) is 12.1. The van der Waals surface area contributed by atoms with Crippen molar-refractivity contribution in [3.8, 4) is 0 Å². The van der Waals surface area contributed by atoms with Crippen LogP contribution in [0.5, 0.6) is 0 Å². The molecule has 1 aromatic carbocycles. The molecule has 0 aliphatic heterocycles. The Hall–Kier alpha value is -1.37. The Bertz CT molecular complexity index is 313. The third-order valence-corrected chi connectivity index (χ3v) is 2.59. The first kappa shape index (κ1) is 11.7. The Balaban J connectivity index is 2.71. The van der Waals surface area contributed by atoms with Gasteiger partial charge in [0.1, 0.15) is 5.78 Å². The van der Waals surface area contributed by atoms with Crippen molar-refractivity contribution in [1.82, 2.24) is 0 Å². The van der Waals surface area contributed by atoms with E-state index in [0.717, 1.165) is 18.4 Å². The first-order valence-corrected chi connectivity index (χ1v) is 5.48. The summed E-state index contributed by atoms with van der Waals surface area (Å²) in [5.74, 6) is 0.384. The molecule has 0 saturated heterocycles. The molecule has 0 N–H and O–H groups in total. The third-order valence-electron chi connectivity index (χ3n) is 2.59. The van der Waals surface area contributed by atoms with E-state index in [9.17, 15) is 4.79 Å². The molecule has 1 atom stereocenters. The second kappa shape index (κ2) is 6.18. The fourth-order valence-electron chi connectivity index (χ4n) is 1.75. The van der Waals surface area contributed by atoms with Crippen molar-refractivity contribution in [2.45, 2.75) is 32.1 Å². The van der Waals surface area contributed by atoms with Crippen LogP contribution in [0.3, 0.4) is 0 Å². The largest absolute Gasteiger partial charge is 0.299 e. The summed E-state index contributed by atoms with van der Waals surface area (Å²) in [5.41, 5.74) is 1.13. The van der Waals surface area contributed by atoms with Crippen LogP contribution < -0.4 is 0 Å². The first-order chi connectivity index (χ1) is 7.29. The molecular weight excluding hydrogens is 184 g/mol. The molecule has 80 valence electrons. The maximum atomic E-state index is 11.9. The SMILES string of the molecule is C=CCCC(=O)C(CC)c1ccccc1. The minimum Gasteiger partial charge on any atom is -0.299 e. The molecule has 0 radical (unpaired) electrons. The summed E-state index contributed by atoms with van der Waals surface area (Å²) in [6.07, 6.45) is 4.06. The molecule has 0 fully saturated rings. The van der Waals surface area contributed by atoms with E-state index >= 15 is 0 Å². The van der Waals surface area contributed by atoms with E-state index in [0.29, 0.717) is 12.2 Å². The van der Waals surface area contributed by atoms with E-state index in [-0.39, 0.29) is 5.92 Å². The van der Waals surface area contributed by atoms with Crippen molar-refractivity contribution in [2.24, 2.45) is 0 Å². The van der Waals surface area contributed by atoms with Gasteiger partial charge in [-0.15, -0.1) is 6.58 Å². The topological polar surface area (TPSA) is 17.1 Å². The summed E-state index contributed by atoms with van der Waals surface area (Å²) < 4.78 is 0. The predicted molar refractivity (Wildman–Crippen MR) is 63.9 cm³/mol. The lowest BCUT2D eigenvalue weighted by Crippen LogP contribution is -2.11. The summed E-state index contributed by atoms with van der Waals surface area (Å²) in [6.45, 7) is 5.70. The van der Waals surface area contributed by atoms with E-state index < -0.39 is 0 Å². The summed E-state index contributed by atoms with van der Waals surface area (Å²) in [6, 6.07) is 10.0. The molecule has 15 heavy (non-hydrogen) atoms. The van der Waals surface area contributed by atoms with Gasteiger partial charge < -0.3 is 0 Å². The monoisotopic (exact) mass is 202 g/mol. The van der Waals surface area contributed by atoms with Gasteiger partial charge in [0.2, 0.25) is 0 Å². The highest BCUT2D eigenvalue weighted by molar-refractivity contribution is 5.85. The lowest BCUT2D eigenvalue weighted by Gasteiger charge is -2.13. The van der Waals surface area contributed by atoms with Crippen molar-refractivity contribution in [3.05, 3.63) is 48.6 Å². The second-order valence-corrected chi connectivity index (χ2v) is 3.67. The minimum atomic E-state index is 0.0612. The van der Waals surface area contributed by atoms with Crippen LogP contribution in [0.15, 0.2) is 43.0 Å². The van der Waals surface area contributed by atoms with Gasteiger partial charge in [0.05, 0.1) is 0 Å². The molecule has 1 nitrogen and oxygen atoms in total. The van der Waals surface area contributed by atoms with E-state index in [1.165, 1.54) is 0 Å². The number of benzene rings is 1. The average Bonchev–Trinajstić information content (AvgIpc) is 2.29. The molecule has 0 amide bonds. The zero-order valence-corrected chi connectivity index (χ0v) is 9.28. The van der Waals surface area contributed by atoms with Crippen molar-refractivity contribution < 1.29 is 4.79 Å². The Morgan fingerprint density at radius 1 is 1.40 bits per heavy atom. The minimum absolute atomic E-state index is 0.0612. The molecule has 0 bridgehead atoms. The molecule has 0 aromatic heterocycles. The van der Waals surface area contributed by atoms with Crippen LogP contribution in [0.1, 0.15) is 37.7 Å². The number of carbonyl (C=O) groups is 1. The van der Waals surface area contributed by atoms with Crippen LogP contribution in [0.25, 0.3) is 0 Å². The number of rotatable bonds is 6. The van der Waals surface area contributed by atoms with Crippen LogP contribution in [0.2, 0.25) is 0 Å². The van der Waals surface area contributed by atoms with Gasteiger partial charge in [0, 0.05) is 12.3 Å². The van der Waals surface area contributed by atoms with Crippen LogP contribution in [0.4, 0.5) is 0 Å². The second-order valence-electron chi connectivity index (χ2n) is 3.67. The fourth-order valence-corrected chi connectivity index (χ4v) is 1.75. The number of ketones is 1. The number of Topliss-reactive ketones (excluding diaryl/α,β-unsaturated/α-hetero) is 1. The zero-order valence-electron chi connectivity index (χ0n) is 9.28. The number of carbonyl (C=O) groups excluding carboxylic acids is 1. The predicted octanol–water partition coefficient (Wildman–Crippen LogP) is 3.72. The molecule has 1 rings (SSSR count). The van der Waals surface area contributed by atoms with Gasteiger partial charge in [-0.3, -0.25) is 4.79 Å². The Morgan fingerprint density at radius 2 is 2.07 bits per heavy atom. The maximum Gasteiger partial charge on any atom is 0.140 e. The maximum absolute atomic E-state index is 11.9. The van der Waals surface area contributed by atoms with Crippen LogP contribution in [-0.2, 0) is 4.79 Å². The van der Waals surface area contributed by atoms with E-state index in [2.05, 4.69) is 13.5 Å². The van der Waals surface area contributed by atoms with Gasteiger partial charge in [0.25, 0.3) is 0 Å². The van der Waals surface area contributed by atoms with Gasteiger partial charge in [-0.1, -0.05) is 43.3 Å². The molecular formula is C14H18O. The van der Waals surface area contributed by atoms with Crippen LogP contribution >= 0.6 is 0 Å². The first-order valence-electron chi connectivity index (χ1n) is 5.48. The lowest BCUT2D eigenvalue weighted by molar-refractivity contribution is -0.120. The highest BCUT2D eigenvalue weighted by atomic mass is 16.1. The van der Waals surface area contributed by atoms with Crippen molar-refractivity contribution in [3.63, 3.8) is 0 Å². The highest BCUT2D eigenvalue weighted by Crippen LogP contribution is 2.22. The Kier molecular flexibility index (Phi) is 4.82. The lowest BCUT2D eigenvalue weighted by atomic mass is 9.90. The summed E-state index contributed by atoms with van der Waals surface area (Å²) in [7, 11) is 0. The average molecular weight is 202 g/mol. The van der Waals surface area contributed by atoms with Crippen molar-refractivity contribution >= 4 is 5.78 Å². The highest BCUT2D eigenvalue weighted by Gasteiger charge is 2.16. The molecule has 1 unspecified atom stereocenters. The molecule has 0 spiro atoms. The van der Waals surface area contributed by atoms with Gasteiger partial charge >= 0.3 is 0 Å². The van der Waals surface area contributed by atoms with Gasteiger partial charge in [-0.2, -0.15) is 0 Å². The number of hydrogen-bond acceptors (Lipinski definition) is 1. The van der Waals surface area contributed by atoms with Crippen molar-refractivity contribution in [2.75, 3.05) is 0 Å². The smallest absolute Gasteiger partial charge is 0.140 e. The van der Waals surface area contributed by atoms with Crippen LogP contribution in [0, 0.1) is 0 Å². The van der Waals surface area contributed by atoms with Crippen LogP contribution in [-0.4, -0.2) is 5.78 Å². The Morgan fingerprint density at radius 3 is 2.60 bits per heavy atom. The fraction of sp³-hybridized carbons (Fsp3) is 0.357. The molecule has 0 saturated carbocycles. The molecule has 0 aliphatic carbocycles. The van der Waals surface area contributed by atoms with Gasteiger partial charge in [-0.25, -0.2) is 0 Å². The van der Waals surface area contributed by atoms with E-state index in [1.54, 1.807) is 6.08 Å². The van der Waals surface area contributed by atoms with Gasteiger partial charge in [0.15, 0.2) is 0 Å². The Labute approximate surface area is 91.8 Å². The van der Waals surface area contributed by atoms with Crippen molar-refractivity contribution in [1.29, 1.82) is 0 Å². The summed E-state index contributed by atoms with van der Waals surface area (Å²) in [5, 5.41) is 0. The number of hydrogen-bond donors (Lipinski definition) is 0. The molecule has 0 aliphatic rings. The standard InChI is InChI=1S/C14H18O/c1-3-5-11-14(15)13(4-2)12-9-7-6-8-10-12/h3,6-10,13H,1,4-5,11H2,2H3. The quantitative estimate of drug-likeness (QED) is 0.642. The summed E-state index contributed by atoms with van der Waals surface area (Å²) >= 11 is 0. The molecule has 1 aromatic rings. The summed E-state index contributed by atoms with van der Waals surface area (Å²) in [4.78, 5) is 11.9. The third kappa shape index (κ3) is 3.35.